The molecule has 0 aliphatic rings. The van der Waals surface area contributed by atoms with Gasteiger partial charge in [-0.05, 0) is 37.6 Å². The smallest absolute Gasteiger partial charge is 0.335 e. The molecule has 2 aromatic rings. The third-order valence-electron chi connectivity index (χ3n) is 3.31. The van der Waals surface area contributed by atoms with E-state index in [1.54, 1.807) is 26.0 Å². The molecule has 0 atom stereocenters. The Bertz CT molecular complexity index is 726. The van der Waals surface area contributed by atoms with Gasteiger partial charge >= 0.3 is 5.97 Å². The van der Waals surface area contributed by atoms with Gasteiger partial charge in [0, 0.05) is 6.42 Å². The zero-order chi connectivity index (χ0) is 17.7. The molecule has 0 radical (unpaired) electrons. The molecule has 0 fully saturated rings. The van der Waals surface area contributed by atoms with Gasteiger partial charge < -0.3 is 26.0 Å². The van der Waals surface area contributed by atoms with E-state index in [9.17, 15) is 4.79 Å². The van der Waals surface area contributed by atoms with E-state index in [-0.39, 0.29) is 17.3 Å². The minimum absolute atomic E-state index is 0.112. The van der Waals surface area contributed by atoms with Crippen molar-refractivity contribution in [3.05, 3.63) is 35.0 Å². The Balaban J connectivity index is 1.82. The molecule has 0 aliphatic heterocycles. The van der Waals surface area contributed by atoms with Gasteiger partial charge in [-0.2, -0.15) is 4.98 Å². The average molecular weight is 332 g/mol. The third kappa shape index (κ3) is 4.25. The second-order valence-electron chi connectivity index (χ2n) is 5.21. The van der Waals surface area contributed by atoms with E-state index in [1.807, 2.05) is 0 Å². The van der Waals surface area contributed by atoms with E-state index >= 15 is 0 Å². The number of hydrogen-bond acceptors (Lipinski definition) is 7. The zero-order valence-corrected chi connectivity index (χ0v) is 13.6. The van der Waals surface area contributed by atoms with Gasteiger partial charge in [0.05, 0.1) is 24.5 Å². The van der Waals surface area contributed by atoms with Crippen LogP contribution in [0, 0.1) is 13.8 Å². The summed E-state index contributed by atoms with van der Waals surface area (Å²) in [5.41, 5.74) is 12.7. The monoisotopic (exact) mass is 332 g/mol. The van der Waals surface area contributed by atoms with Crippen molar-refractivity contribution in [2.45, 2.75) is 20.3 Å². The summed E-state index contributed by atoms with van der Waals surface area (Å²) < 4.78 is 11.2. The molecule has 2 rings (SSSR count). The van der Waals surface area contributed by atoms with Crippen LogP contribution in [-0.2, 0) is 0 Å². The van der Waals surface area contributed by atoms with Crippen molar-refractivity contribution in [3.63, 3.8) is 0 Å². The molecule has 8 heteroatoms. The van der Waals surface area contributed by atoms with E-state index in [1.165, 1.54) is 6.07 Å². The highest BCUT2D eigenvalue weighted by atomic mass is 16.5. The Kier molecular flexibility index (Phi) is 5.41. The molecule has 1 heterocycles. The molecule has 1 aromatic carbocycles. The van der Waals surface area contributed by atoms with Crippen LogP contribution in [-0.4, -0.2) is 34.3 Å². The molecular formula is C16H20N4O4. The van der Waals surface area contributed by atoms with Crippen LogP contribution >= 0.6 is 0 Å². The Morgan fingerprint density at radius 1 is 1.17 bits per heavy atom. The summed E-state index contributed by atoms with van der Waals surface area (Å²) in [6.45, 7) is 4.27. The molecule has 8 nitrogen and oxygen atoms in total. The normalized spacial score (nSPS) is 10.4. The van der Waals surface area contributed by atoms with Crippen molar-refractivity contribution in [1.82, 2.24) is 9.97 Å². The number of nitrogens with zero attached hydrogens (tertiary/aromatic N) is 2. The highest BCUT2D eigenvalue weighted by Gasteiger charge is 2.10. The minimum atomic E-state index is -0.953. The number of anilines is 2. The minimum Gasteiger partial charge on any atom is -0.493 e. The van der Waals surface area contributed by atoms with Crippen molar-refractivity contribution < 1.29 is 19.4 Å². The maximum Gasteiger partial charge on any atom is 0.335 e. The van der Waals surface area contributed by atoms with Crippen molar-refractivity contribution in [2.75, 3.05) is 24.7 Å². The van der Waals surface area contributed by atoms with Gasteiger partial charge in [-0.25, -0.2) is 9.78 Å². The van der Waals surface area contributed by atoms with Gasteiger partial charge in [-0.1, -0.05) is 0 Å². The Hall–Kier alpha value is -3.03. The number of nitrogen functional groups attached to an aromatic ring is 2. The molecule has 0 spiro atoms. The molecule has 0 aliphatic carbocycles. The highest BCUT2D eigenvalue weighted by molar-refractivity contribution is 5.89. The van der Waals surface area contributed by atoms with E-state index in [2.05, 4.69) is 9.97 Å². The molecule has 0 bridgehead atoms. The molecule has 0 amide bonds. The third-order valence-corrected chi connectivity index (χ3v) is 3.31. The molecule has 1 aromatic heterocycles. The average Bonchev–Trinajstić information content (AvgIpc) is 2.48. The standard InChI is InChI=1S/C16H20N4O4/c1-9-8-11(4-5-12(9)15(21)22)23-6-3-7-24-13-10(2)19-16(18)20-14(13)17/h4-5,8H,3,6-7H2,1-2H3,(H,21,22)(H4,17,18,19,20). The number of rotatable bonds is 7. The first-order chi connectivity index (χ1) is 11.4. The summed E-state index contributed by atoms with van der Waals surface area (Å²) >= 11 is 0. The number of aromatic nitrogens is 2. The van der Waals surface area contributed by atoms with Gasteiger partial charge in [-0.3, -0.25) is 0 Å². The number of carboxylic acids is 1. The molecule has 5 N–H and O–H groups in total. The summed E-state index contributed by atoms with van der Waals surface area (Å²) in [4.78, 5) is 18.8. The molecule has 24 heavy (non-hydrogen) atoms. The topological polar surface area (TPSA) is 134 Å². The molecule has 0 unspecified atom stereocenters. The number of aromatic carboxylic acids is 1. The maximum absolute atomic E-state index is 11.0. The lowest BCUT2D eigenvalue weighted by molar-refractivity contribution is 0.0696. The molecule has 0 saturated carbocycles. The fourth-order valence-corrected chi connectivity index (χ4v) is 2.17. The first kappa shape index (κ1) is 17.3. The largest absolute Gasteiger partial charge is 0.493 e. The zero-order valence-electron chi connectivity index (χ0n) is 13.6. The number of nitrogens with two attached hydrogens (primary N) is 2. The Morgan fingerprint density at radius 2 is 1.88 bits per heavy atom. The van der Waals surface area contributed by atoms with Crippen molar-refractivity contribution in [1.29, 1.82) is 0 Å². The summed E-state index contributed by atoms with van der Waals surface area (Å²) in [7, 11) is 0. The number of ether oxygens (including phenoxy) is 2. The lowest BCUT2D eigenvalue weighted by Crippen LogP contribution is -2.10. The summed E-state index contributed by atoms with van der Waals surface area (Å²) in [6.07, 6.45) is 0.614. The second-order valence-corrected chi connectivity index (χ2v) is 5.21. The number of benzene rings is 1. The van der Waals surface area contributed by atoms with Crippen LogP contribution in [0.5, 0.6) is 11.5 Å². The fraction of sp³-hybridized carbons (Fsp3) is 0.312. The summed E-state index contributed by atoms with van der Waals surface area (Å²) in [5.74, 6) is 0.405. The van der Waals surface area contributed by atoms with E-state index in [0.29, 0.717) is 42.4 Å². The lowest BCUT2D eigenvalue weighted by Gasteiger charge is -2.12. The van der Waals surface area contributed by atoms with Gasteiger partial charge in [0.2, 0.25) is 5.95 Å². The number of hydrogen-bond donors (Lipinski definition) is 3. The predicted molar refractivity (Wildman–Crippen MR) is 89.3 cm³/mol. The van der Waals surface area contributed by atoms with Crippen LogP contribution in [0.1, 0.15) is 28.0 Å². The van der Waals surface area contributed by atoms with Gasteiger partial charge in [0.1, 0.15) is 5.75 Å². The van der Waals surface area contributed by atoms with E-state index in [4.69, 9.17) is 26.0 Å². The van der Waals surface area contributed by atoms with Gasteiger partial charge in [-0.15, -0.1) is 0 Å². The number of carboxylic acid groups (broad SMARTS) is 1. The lowest BCUT2D eigenvalue weighted by atomic mass is 10.1. The van der Waals surface area contributed by atoms with Crippen LogP contribution in [0.25, 0.3) is 0 Å². The van der Waals surface area contributed by atoms with Crippen molar-refractivity contribution >= 4 is 17.7 Å². The Morgan fingerprint density at radius 3 is 2.50 bits per heavy atom. The van der Waals surface area contributed by atoms with Crippen molar-refractivity contribution in [3.8, 4) is 11.5 Å². The maximum atomic E-state index is 11.0. The second kappa shape index (κ2) is 7.49. The van der Waals surface area contributed by atoms with Crippen LogP contribution in [0.3, 0.4) is 0 Å². The Labute approximate surface area is 139 Å². The molecular weight excluding hydrogens is 312 g/mol. The number of carbonyl (C=O) groups is 1. The number of aryl methyl sites for hydroxylation is 2. The van der Waals surface area contributed by atoms with Crippen LogP contribution < -0.4 is 20.9 Å². The first-order valence-electron chi connectivity index (χ1n) is 7.37. The quantitative estimate of drug-likeness (QED) is 0.653. The van der Waals surface area contributed by atoms with Crippen molar-refractivity contribution in [2.24, 2.45) is 0 Å². The van der Waals surface area contributed by atoms with Gasteiger partial charge in [0.15, 0.2) is 11.6 Å². The van der Waals surface area contributed by atoms with E-state index < -0.39 is 5.97 Å². The molecule has 0 saturated heterocycles. The molecule has 128 valence electrons. The van der Waals surface area contributed by atoms with Crippen LogP contribution in [0.15, 0.2) is 18.2 Å². The van der Waals surface area contributed by atoms with Gasteiger partial charge in [0.25, 0.3) is 0 Å². The van der Waals surface area contributed by atoms with Crippen LogP contribution in [0.2, 0.25) is 0 Å². The summed E-state index contributed by atoms with van der Waals surface area (Å²) in [6, 6.07) is 4.85. The van der Waals surface area contributed by atoms with E-state index in [0.717, 1.165) is 0 Å². The SMILES string of the molecule is Cc1cc(OCCCOc2c(C)nc(N)nc2N)ccc1C(=O)O. The highest BCUT2D eigenvalue weighted by Crippen LogP contribution is 2.23. The first-order valence-corrected chi connectivity index (χ1v) is 7.37. The summed E-state index contributed by atoms with van der Waals surface area (Å²) in [5, 5.41) is 8.99. The fourth-order valence-electron chi connectivity index (χ4n) is 2.17. The van der Waals surface area contributed by atoms with Crippen LogP contribution in [0.4, 0.5) is 11.8 Å². The predicted octanol–water partition coefficient (Wildman–Crippen LogP) is 1.80.